The van der Waals surface area contributed by atoms with E-state index in [2.05, 4.69) is 5.32 Å². The first-order chi connectivity index (χ1) is 10.1. The first kappa shape index (κ1) is 15.4. The minimum Gasteiger partial charge on any atom is -0.466 e. The van der Waals surface area contributed by atoms with E-state index in [-0.39, 0.29) is 24.8 Å². The third kappa shape index (κ3) is 4.01. The zero-order valence-corrected chi connectivity index (χ0v) is 12.0. The predicted molar refractivity (Wildman–Crippen MR) is 74.9 cm³/mol. The van der Waals surface area contributed by atoms with Crippen LogP contribution in [0.2, 0.25) is 0 Å². The maximum Gasteiger partial charge on any atom is 0.307 e. The molecule has 6 heteroatoms. The Kier molecular flexibility index (Phi) is 5.27. The molecule has 0 aromatic heterocycles. The van der Waals surface area contributed by atoms with Gasteiger partial charge in [-0.05, 0) is 13.0 Å². The monoisotopic (exact) mass is 294 g/mol. The summed E-state index contributed by atoms with van der Waals surface area (Å²) in [6.07, 6.45) is -0.0197. The van der Waals surface area contributed by atoms with E-state index in [1.165, 1.54) is 6.07 Å². The lowest BCUT2D eigenvalue weighted by Gasteiger charge is -2.34. The van der Waals surface area contributed by atoms with Crippen molar-refractivity contribution in [3.8, 4) is 0 Å². The Balaban J connectivity index is 2.09. The van der Waals surface area contributed by atoms with Crippen molar-refractivity contribution in [2.75, 3.05) is 19.7 Å². The molecule has 1 atom stereocenters. The van der Waals surface area contributed by atoms with E-state index in [1.807, 2.05) is 4.90 Å². The van der Waals surface area contributed by atoms with Gasteiger partial charge in [-0.25, -0.2) is 4.39 Å². The molecular formula is C15H19FN2O3. The Bertz CT molecular complexity index is 521. The summed E-state index contributed by atoms with van der Waals surface area (Å²) in [6.45, 7) is 3.36. The van der Waals surface area contributed by atoms with Gasteiger partial charge in [0.05, 0.1) is 13.0 Å². The van der Waals surface area contributed by atoms with Crippen molar-refractivity contribution in [2.45, 2.75) is 25.9 Å². The summed E-state index contributed by atoms with van der Waals surface area (Å²) in [5, 5.41) is 2.73. The van der Waals surface area contributed by atoms with E-state index in [1.54, 1.807) is 25.1 Å². The number of nitrogens with zero attached hydrogens (tertiary/aromatic N) is 1. The van der Waals surface area contributed by atoms with Crippen LogP contribution in [-0.4, -0.2) is 42.5 Å². The van der Waals surface area contributed by atoms with Gasteiger partial charge in [0.25, 0.3) is 0 Å². The number of amides is 1. The first-order valence-electron chi connectivity index (χ1n) is 7.02. The van der Waals surface area contributed by atoms with Gasteiger partial charge >= 0.3 is 5.97 Å². The fourth-order valence-corrected chi connectivity index (χ4v) is 2.40. The van der Waals surface area contributed by atoms with Gasteiger partial charge in [-0.3, -0.25) is 14.5 Å². The van der Waals surface area contributed by atoms with Gasteiger partial charge in [0.2, 0.25) is 5.91 Å². The Hall–Kier alpha value is -1.95. The lowest BCUT2D eigenvalue weighted by atomic mass is 10.1. The summed E-state index contributed by atoms with van der Waals surface area (Å²) in [5.74, 6) is -0.943. The number of benzene rings is 1. The molecule has 114 valence electrons. The van der Waals surface area contributed by atoms with Gasteiger partial charge in [-0.15, -0.1) is 0 Å². The van der Waals surface area contributed by atoms with E-state index in [4.69, 9.17) is 4.74 Å². The Labute approximate surface area is 123 Å². The van der Waals surface area contributed by atoms with E-state index >= 15 is 0 Å². The lowest BCUT2D eigenvalue weighted by molar-refractivity contribution is -0.148. The molecule has 0 saturated carbocycles. The van der Waals surface area contributed by atoms with E-state index < -0.39 is 12.0 Å². The number of ether oxygens (including phenoxy) is 1. The van der Waals surface area contributed by atoms with Gasteiger partial charge in [0, 0.05) is 25.2 Å². The van der Waals surface area contributed by atoms with Crippen molar-refractivity contribution >= 4 is 11.9 Å². The van der Waals surface area contributed by atoms with Gasteiger partial charge in [-0.2, -0.15) is 0 Å². The van der Waals surface area contributed by atoms with Crippen LogP contribution in [0.15, 0.2) is 24.3 Å². The standard InChI is InChI=1S/C15H19FN2O3/c1-2-21-14(19)9-13-15(20)17-7-8-18(13)10-11-5-3-4-6-12(11)16/h3-6,13H,2,7-10H2,1H3,(H,17,20). The topological polar surface area (TPSA) is 58.6 Å². The SMILES string of the molecule is CCOC(=O)CC1C(=O)NCCN1Cc1ccccc1F. The van der Waals surface area contributed by atoms with Crippen molar-refractivity contribution in [1.82, 2.24) is 10.2 Å². The number of carbonyl (C=O) groups is 2. The summed E-state index contributed by atoms with van der Waals surface area (Å²) in [6, 6.07) is 5.83. The van der Waals surface area contributed by atoms with Crippen molar-refractivity contribution in [1.29, 1.82) is 0 Å². The summed E-state index contributed by atoms with van der Waals surface area (Å²) in [4.78, 5) is 25.4. The molecule has 1 N–H and O–H groups in total. The van der Waals surface area contributed by atoms with Gasteiger partial charge in [0.1, 0.15) is 11.9 Å². The molecule has 1 saturated heterocycles. The van der Waals surface area contributed by atoms with Crippen LogP contribution >= 0.6 is 0 Å². The fraction of sp³-hybridized carbons (Fsp3) is 0.467. The minimum absolute atomic E-state index is 0.0197. The van der Waals surface area contributed by atoms with Crippen LogP contribution in [0.3, 0.4) is 0 Å². The number of esters is 1. The maximum atomic E-state index is 13.7. The molecule has 1 heterocycles. The zero-order valence-electron chi connectivity index (χ0n) is 12.0. The maximum absolute atomic E-state index is 13.7. The first-order valence-corrected chi connectivity index (χ1v) is 7.02. The molecule has 1 aliphatic heterocycles. The number of hydrogen-bond donors (Lipinski definition) is 1. The summed E-state index contributed by atoms with van der Waals surface area (Å²) in [5.41, 5.74) is 0.515. The Morgan fingerprint density at radius 1 is 1.48 bits per heavy atom. The molecule has 0 bridgehead atoms. The Morgan fingerprint density at radius 3 is 2.95 bits per heavy atom. The van der Waals surface area contributed by atoms with Crippen molar-refractivity contribution < 1.29 is 18.7 Å². The van der Waals surface area contributed by atoms with Crippen LogP contribution in [0.1, 0.15) is 18.9 Å². The van der Waals surface area contributed by atoms with Crippen molar-refractivity contribution in [3.63, 3.8) is 0 Å². The van der Waals surface area contributed by atoms with Crippen molar-refractivity contribution in [3.05, 3.63) is 35.6 Å². The van der Waals surface area contributed by atoms with E-state index in [0.29, 0.717) is 25.2 Å². The van der Waals surface area contributed by atoms with Crippen LogP contribution in [-0.2, 0) is 20.9 Å². The normalized spacial score (nSPS) is 19.1. The fourth-order valence-electron chi connectivity index (χ4n) is 2.40. The molecular weight excluding hydrogens is 275 g/mol. The molecule has 21 heavy (non-hydrogen) atoms. The van der Waals surface area contributed by atoms with Crippen LogP contribution in [0.25, 0.3) is 0 Å². The summed E-state index contributed by atoms with van der Waals surface area (Å²) >= 11 is 0. The molecule has 1 aliphatic rings. The highest BCUT2D eigenvalue weighted by Gasteiger charge is 2.32. The molecule has 2 rings (SSSR count). The minimum atomic E-state index is -0.614. The molecule has 1 amide bonds. The average Bonchev–Trinajstić information content (AvgIpc) is 2.45. The lowest BCUT2D eigenvalue weighted by Crippen LogP contribution is -2.55. The molecule has 5 nitrogen and oxygen atoms in total. The Morgan fingerprint density at radius 2 is 2.24 bits per heavy atom. The number of halogens is 1. The predicted octanol–water partition coefficient (Wildman–Crippen LogP) is 1.08. The number of hydrogen-bond acceptors (Lipinski definition) is 4. The molecule has 0 aliphatic carbocycles. The summed E-state index contributed by atoms with van der Waals surface area (Å²) < 4.78 is 18.6. The largest absolute Gasteiger partial charge is 0.466 e. The zero-order chi connectivity index (χ0) is 15.2. The highest BCUT2D eigenvalue weighted by atomic mass is 19.1. The summed E-state index contributed by atoms with van der Waals surface area (Å²) in [7, 11) is 0. The van der Waals surface area contributed by atoms with Gasteiger partial charge in [-0.1, -0.05) is 18.2 Å². The molecule has 1 fully saturated rings. The van der Waals surface area contributed by atoms with Crippen LogP contribution in [0.5, 0.6) is 0 Å². The second kappa shape index (κ2) is 7.17. The highest BCUT2D eigenvalue weighted by Crippen LogP contribution is 2.16. The highest BCUT2D eigenvalue weighted by molar-refractivity contribution is 5.87. The molecule has 0 radical (unpaired) electrons. The van der Waals surface area contributed by atoms with Crippen molar-refractivity contribution in [2.24, 2.45) is 0 Å². The molecule has 1 unspecified atom stereocenters. The van der Waals surface area contributed by atoms with Crippen LogP contribution in [0.4, 0.5) is 4.39 Å². The smallest absolute Gasteiger partial charge is 0.307 e. The molecule has 1 aromatic rings. The number of nitrogens with one attached hydrogen (secondary N) is 1. The van der Waals surface area contributed by atoms with Gasteiger partial charge in [0.15, 0.2) is 0 Å². The second-order valence-electron chi connectivity index (χ2n) is 4.88. The van der Waals surface area contributed by atoms with Gasteiger partial charge < -0.3 is 10.1 Å². The van der Waals surface area contributed by atoms with E-state index in [0.717, 1.165) is 0 Å². The second-order valence-corrected chi connectivity index (χ2v) is 4.88. The average molecular weight is 294 g/mol. The third-order valence-electron chi connectivity index (χ3n) is 3.44. The van der Waals surface area contributed by atoms with Crippen LogP contribution in [0, 0.1) is 5.82 Å². The molecule has 0 spiro atoms. The van der Waals surface area contributed by atoms with Crippen LogP contribution < -0.4 is 5.32 Å². The number of carbonyl (C=O) groups excluding carboxylic acids is 2. The quantitative estimate of drug-likeness (QED) is 0.826. The number of piperazine rings is 1. The third-order valence-corrected chi connectivity index (χ3v) is 3.44. The van der Waals surface area contributed by atoms with E-state index in [9.17, 15) is 14.0 Å². The molecule has 1 aromatic carbocycles. The number of rotatable bonds is 5.